The minimum Gasteiger partial charge on any atom is -0.490 e. The molecule has 1 aromatic carbocycles. The first-order valence-corrected chi connectivity index (χ1v) is 10.4. The van der Waals surface area contributed by atoms with Crippen LogP contribution >= 0.6 is 0 Å². The fourth-order valence-electron chi connectivity index (χ4n) is 3.36. The van der Waals surface area contributed by atoms with E-state index < -0.39 is 5.60 Å². The van der Waals surface area contributed by atoms with Gasteiger partial charge in [0.25, 0.3) is 0 Å². The van der Waals surface area contributed by atoms with Gasteiger partial charge in [-0.15, -0.1) is 0 Å². The lowest BCUT2D eigenvalue weighted by Gasteiger charge is -2.17. The summed E-state index contributed by atoms with van der Waals surface area (Å²) in [5.41, 5.74) is 3.86. The average molecular weight is 371 g/mol. The summed E-state index contributed by atoms with van der Waals surface area (Å²) in [5, 5.41) is 15.1. The van der Waals surface area contributed by atoms with Crippen molar-refractivity contribution in [2.45, 2.75) is 90.9 Å². The molecule has 4 heteroatoms. The van der Waals surface area contributed by atoms with Crippen LogP contribution in [-0.4, -0.2) is 26.6 Å². The summed E-state index contributed by atoms with van der Waals surface area (Å²) < 4.78 is 8.11. The van der Waals surface area contributed by atoms with Crippen molar-refractivity contribution in [1.82, 2.24) is 9.78 Å². The van der Waals surface area contributed by atoms with E-state index >= 15 is 0 Å². The van der Waals surface area contributed by atoms with Crippen LogP contribution in [0.3, 0.4) is 0 Å². The Morgan fingerprint density at radius 3 is 2.63 bits per heavy atom. The molecule has 0 aliphatic heterocycles. The van der Waals surface area contributed by atoms with E-state index in [9.17, 15) is 5.11 Å². The van der Waals surface area contributed by atoms with E-state index in [4.69, 9.17) is 9.84 Å². The van der Waals surface area contributed by atoms with Gasteiger partial charge in [-0.3, -0.25) is 4.68 Å². The minimum atomic E-state index is -0.793. The van der Waals surface area contributed by atoms with E-state index in [1.165, 1.54) is 11.1 Å². The third kappa shape index (κ3) is 5.13. The largest absolute Gasteiger partial charge is 0.490 e. The summed E-state index contributed by atoms with van der Waals surface area (Å²) in [6.07, 6.45) is 7.86. The lowest BCUT2D eigenvalue weighted by molar-refractivity contribution is 0.0578. The highest BCUT2D eigenvalue weighted by molar-refractivity contribution is 5.71. The predicted molar refractivity (Wildman–Crippen MR) is 110 cm³/mol. The van der Waals surface area contributed by atoms with Crippen LogP contribution in [-0.2, 0) is 13.0 Å². The summed E-state index contributed by atoms with van der Waals surface area (Å²) >= 11 is 0. The van der Waals surface area contributed by atoms with Gasteiger partial charge in [-0.1, -0.05) is 33.3 Å². The van der Waals surface area contributed by atoms with E-state index in [1.807, 2.05) is 18.5 Å². The van der Waals surface area contributed by atoms with Crippen molar-refractivity contribution in [2.75, 3.05) is 0 Å². The Morgan fingerprint density at radius 2 is 2.04 bits per heavy atom. The van der Waals surface area contributed by atoms with Crippen LogP contribution in [0, 0.1) is 0 Å². The van der Waals surface area contributed by atoms with Crippen LogP contribution in [0.25, 0.3) is 11.3 Å². The highest BCUT2D eigenvalue weighted by atomic mass is 16.5. The second-order valence-electron chi connectivity index (χ2n) is 8.65. The average Bonchev–Trinajstić information content (AvgIpc) is 3.34. The quantitative estimate of drug-likeness (QED) is 0.649. The van der Waals surface area contributed by atoms with E-state index in [2.05, 4.69) is 45.2 Å². The molecule has 0 spiro atoms. The Morgan fingerprint density at radius 1 is 1.30 bits per heavy atom. The first kappa shape index (κ1) is 19.9. The van der Waals surface area contributed by atoms with Crippen LogP contribution in [0.1, 0.15) is 77.3 Å². The van der Waals surface area contributed by atoms with Crippen molar-refractivity contribution in [1.29, 1.82) is 0 Å². The van der Waals surface area contributed by atoms with Gasteiger partial charge in [-0.25, -0.2) is 0 Å². The molecule has 27 heavy (non-hydrogen) atoms. The second-order valence-corrected chi connectivity index (χ2v) is 8.65. The number of aryl methyl sites for hydroxylation is 1. The smallest absolute Gasteiger partial charge is 0.129 e. The first-order valence-electron chi connectivity index (χ1n) is 10.4. The molecular weight excluding hydrogens is 336 g/mol. The molecule has 1 aromatic heterocycles. The van der Waals surface area contributed by atoms with Gasteiger partial charge < -0.3 is 9.84 Å². The fraction of sp³-hybridized carbons (Fsp3) is 0.609. The first-order chi connectivity index (χ1) is 12.8. The van der Waals surface area contributed by atoms with E-state index in [-0.39, 0.29) is 0 Å². The number of hydrogen-bond acceptors (Lipinski definition) is 3. The molecule has 1 N–H and O–H groups in total. The normalized spacial score (nSPS) is 15.8. The van der Waals surface area contributed by atoms with E-state index in [0.717, 1.165) is 49.1 Å². The zero-order valence-electron chi connectivity index (χ0n) is 17.5. The monoisotopic (exact) mass is 370 g/mol. The lowest BCUT2D eigenvalue weighted by Crippen LogP contribution is -2.26. The molecule has 0 saturated heterocycles. The second kappa shape index (κ2) is 8.05. The highest BCUT2D eigenvalue weighted by Crippen LogP contribution is 2.38. The molecule has 0 amide bonds. The molecule has 4 nitrogen and oxygen atoms in total. The topological polar surface area (TPSA) is 47.3 Å². The van der Waals surface area contributed by atoms with Gasteiger partial charge >= 0.3 is 0 Å². The molecule has 0 radical (unpaired) electrons. The summed E-state index contributed by atoms with van der Waals surface area (Å²) in [6.45, 7) is 10.8. The van der Waals surface area contributed by atoms with Crippen LogP contribution in [0.15, 0.2) is 24.4 Å². The van der Waals surface area contributed by atoms with Crippen LogP contribution in [0.5, 0.6) is 5.75 Å². The number of aromatic nitrogens is 2. The molecule has 1 unspecified atom stereocenters. The van der Waals surface area contributed by atoms with Crippen LogP contribution in [0.4, 0.5) is 0 Å². The van der Waals surface area contributed by atoms with Crippen molar-refractivity contribution in [3.05, 3.63) is 35.5 Å². The zero-order valence-corrected chi connectivity index (χ0v) is 17.5. The van der Waals surface area contributed by atoms with Gasteiger partial charge in [0, 0.05) is 11.8 Å². The summed E-state index contributed by atoms with van der Waals surface area (Å²) in [6, 6.07) is 6.59. The summed E-state index contributed by atoms with van der Waals surface area (Å²) in [4.78, 5) is 0. The molecule has 1 aliphatic carbocycles. The number of nitrogens with zero attached hydrogens (tertiary/aromatic N) is 2. The van der Waals surface area contributed by atoms with Crippen LogP contribution < -0.4 is 4.74 Å². The zero-order chi connectivity index (χ0) is 19.6. The minimum absolute atomic E-state index is 0.353. The molecule has 148 valence electrons. The Labute approximate surface area is 163 Å². The van der Waals surface area contributed by atoms with E-state index in [1.54, 1.807) is 0 Å². The van der Waals surface area contributed by atoms with Crippen molar-refractivity contribution in [3.8, 4) is 17.0 Å². The number of aliphatic hydroxyl groups is 1. The summed E-state index contributed by atoms with van der Waals surface area (Å²) in [7, 11) is 0. The number of ether oxygens (including phenoxy) is 1. The predicted octanol–water partition coefficient (Wildman–Crippen LogP) is 5.33. The Bertz CT molecular complexity index is 769. The maximum atomic E-state index is 10.2. The van der Waals surface area contributed by atoms with Gasteiger partial charge in [0.1, 0.15) is 5.75 Å². The molecule has 1 saturated carbocycles. The van der Waals surface area contributed by atoms with Crippen molar-refractivity contribution >= 4 is 0 Å². The SMILES string of the molecule is CCCc1cn(CC(C)(C)O)nc1-c1cc(C(C)CC)ccc1OC1CC1. The fourth-order valence-corrected chi connectivity index (χ4v) is 3.36. The third-order valence-electron chi connectivity index (χ3n) is 5.16. The number of hydrogen-bond donors (Lipinski definition) is 1. The number of rotatable bonds is 9. The summed E-state index contributed by atoms with van der Waals surface area (Å²) in [5.74, 6) is 1.45. The van der Waals surface area contributed by atoms with Crippen molar-refractivity contribution in [2.24, 2.45) is 0 Å². The maximum absolute atomic E-state index is 10.2. The maximum Gasteiger partial charge on any atom is 0.129 e. The standard InChI is InChI=1S/C23H34N2O2/c1-6-8-18-14-25(15-23(4,5)26)24-22(18)20-13-17(16(3)7-2)9-12-21(20)27-19-10-11-19/h9,12-14,16,19,26H,6-8,10-11,15H2,1-5H3. The van der Waals surface area contributed by atoms with Crippen LogP contribution in [0.2, 0.25) is 0 Å². The Kier molecular flexibility index (Phi) is 5.95. The molecule has 0 bridgehead atoms. The van der Waals surface area contributed by atoms with Crippen molar-refractivity contribution < 1.29 is 9.84 Å². The molecule has 1 fully saturated rings. The lowest BCUT2D eigenvalue weighted by atomic mass is 9.94. The van der Waals surface area contributed by atoms with Crippen molar-refractivity contribution in [3.63, 3.8) is 0 Å². The van der Waals surface area contributed by atoms with Gasteiger partial charge in [-0.05, 0) is 68.7 Å². The van der Waals surface area contributed by atoms with Gasteiger partial charge in [0.05, 0.1) is 23.9 Å². The molecule has 2 aromatic rings. The molecule has 1 heterocycles. The Balaban J connectivity index is 2.05. The van der Waals surface area contributed by atoms with Gasteiger partial charge in [0.2, 0.25) is 0 Å². The van der Waals surface area contributed by atoms with E-state index in [0.29, 0.717) is 18.6 Å². The molecular formula is C23H34N2O2. The molecule has 1 aliphatic rings. The molecule has 1 atom stereocenters. The molecule has 3 rings (SSSR count). The Hall–Kier alpha value is -1.81. The third-order valence-corrected chi connectivity index (χ3v) is 5.16. The van der Waals surface area contributed by atoms with Gasteiger partial charge in [-0.2, -0.15) is 5.10 Å². The van der Waals surface area contributed by atoms with Gasteiger partial charge in [0.15, 0.2) is 0 Å². The number of benzene rings is 1. The highest BCUT2D eigenvalue weighted by Gasteiger charge is 2.26.